The van der Waals surface area contributed by atoms with Gasteiger partial charge in [0, 0.05) is 13.1 Å². The number of imide groups is 1. The standard InChI is InChI=1S/C16H15F2N3O3/c17-9-3-1-4-10(18)13(9)20-8-6-12(14(20)22)21-15(23)11-5-2-7-19(11)16(21)24/h1,3-4,11-12H,2,5-8H2/t11-,12+/m1/s1. The van der Waals surface area contributed by atoms with Crippen LogP contribution in [0.4, 0.5) is 19.3 Å². The Balaban J connectivity index is 1.63. The summed E-state index contributed by atoms with van der Waals surface area (Å²) in [4.78, 5) is 40.9. The van der Waals surface area contributed by atoms with E-state index < -0.39 is 41.3 Å². The summed E-state index contributed by atoms with van der Waals surface area (Å²) in [5.74, 6) is -2.69. The Morgan fingerprint density at radius 3 is 2.29 bits per heavy atom. The second-order valence-electron chi connectivity index (χ2n) is 6.21. The quantitative estimate of drug-likeness (QED) is 0.770. The lowest BCUT2D eigenvalue weighted by atomic mass is 10.1. The first kappa shape index (κ1) is 15.0. The zero-order chi connectivity index (χ0) is 17.0. The summed E-state index contributed by atoms with van der Waals surface area (Å²) in [6, 6.07) is 1.40. The van der Waals surface area contributed by atoms with Gasteiger partial charge in [0.2, 0.25) is 0 Å². The number of amides is 4. The highest BCUT2D eigenvalue weighted by atomic mass is 19.1. The minimum atomic E-state index is -0.991. The predicted molar refractivity (Wildman–Crippen MR) is 79.1 cm³/mol. The number of hydrogen-bond acceptors (Lipinski definition) is 3. The van der Waals surface area contributed by atoms with E-state index in [-0.39, 0.29) is 18.9 Å². The molecule has 8 heteroatoms. The topological polar surface area (TPSA) is 60.9 Å². The minimum Gasteiger partial charge on any atom is -0.312 e. The molecule has 0 spiro atoms. The Morgan fingerprint density at radius 2 is 1.62 bits per heavy atom. The van der Waals surface area contributed by atoms with Gasteiger partial charge in [-0.1, -0.05) is 6.07 Å². The van der Waals surface area contributed by atoms with Crippen LogP contribution in [0.15, 0.2) is 18.2 Å². The number of nitrogens with zero attached hydrogens (tertiary/aromatic N) is 3. The van der Waals surface area contributed by atoms with Gasteiger partial charge in [-0.05, 0) is 31.4 Å². The molecule has 0 radical (unpaired) electrons. The molecule has 0 bridgehead atoms. The second kappa shape index (κ2) is 5.25. The van der Waals surface area contributed by atoms with Crippen molar-refractivity contribution in [2.45, 2.75) is 31.3 Å². The van der Waals surface area contributed by atoms with Crippen LogP contribution >= 0.6 is 0 Å². The van der Waals surface area contributed by atoms with Gasteiger partial charge in [-0.25, -0.2) is 18.5 Å². The van der Waals surface area contributed by atoms with Crippen LogP contribution in [0.5, 0.6) is 0 Å². The zero-order valence-electron chi connectivity index (χ0n) is 12.7. The van der Waals surface area contributed by atoms with Crippen LogP contribution in [-0.2, 0) is 9.59 Å². The molecule has 4 amide bonds. The molecule has 2 atom stereocenters. The molecular weight excluding hydrogens is 320 g/mol. The van der Waals surface area contributed by atoms with Gasteiger partial charge >= 0.3 is 6.03 Å². The molecule has 3 aliphatic rings. The fourth-order valence-electron chi connectivity index (χ4n) is 3.81. The number of fused-ring (bicyclic) bond motifs is 1. The van der Waals surface area contributed by atoms with Crippen LogP contribution in [-0.4, -0.2) is 52.8 Å². The highest BCUT2D eigenvalue weighted by molar-refractivity contribution is 6.11. The zero-order valence-corrected chi connectivity index (χ0v) is 12.7. The first-order valence-corrected chi connectivity index (χ1v) is 7.90. The van der Waals surface area contributed by atoms with E-state index >= 15 is 0 Å². The molecule has 4 rings (SSSR count). The monoisotopic (exact) mass is 335 g/mol. The maximum absolute atomic E-state index is 13.9. The molecule has 3 saturated heterocycles. The highest BCUT2D eigenvalue weighted by Gasteiger charge is 2.53. The van der Waals surface area contributed by atoms with Gasteiger partial charge in [-0.3, -0.25) is 9.59 Å². The van der Waals surface area contributed by atoms with Crippen molar-refractivity contribution in [3.8, 4) is 0 Å². The van der Waals surface area contributed by atoms with Gasteiger partial charge in [0.25, 0.3) is 11.8 Å². The minimum absolute atomic E-state index is 0.0586. The Kier molecular flexibility index (Phi) is 3.29. The number of urea groups is 1. The fourth-order valence-corrected chi connectivity index (χ4v) is 3.81. The van der Waals surface area contributed by atoms with Gasteiger partial charge in [-0.2, -0.15) is 0 Å². The second-order valence-corrected chi connectivity index (χ2v) is 6.21. The van der Waals surface area contributed by atoms with E-state index in [2.05, 4.69) is 0 Å². The largest absolute Gasteiger partial charge is 0.328 e. The van der Waals surface area contributed by atoms with Gasteiger partial charge < -0.3 is 9.80 Å². The van der Waals surface area contributed by atoms with E-state index in [1.807, 2.05) is 0 Å². The van der Waals surface area contributed by atoms with Gasteiger partial charge in [0.1, 0.15) is 29.4 Å². The third-order valence-electron chi connectivity index (χ3n) is 4.92. The predicted octanol–water partition coefficient (Wildman–Crippen LogP) is 1.50. The molecule has 0 unspecified atom stereocenters. The van der Waals surface area contributed by atoms with Crippen LogP contribution in [0.3, 0.4) is 0 Å². The summed E-state index contributed by atoms with van der Waals surface area (Å²) in [6.45, 7) is 0.557. The van der Waals surface area contributed by atoms with Crippen molar-refractivity contribution in [1.82, 2.24) is 9.80 Å². The average Bonchev–Trinajstić information content (AvgIpc) is 3.21. The summed E-state index contributed by atoms with van der Waals surface area (Å²) in [7, 11) is 0. The van der Waals surface area contributed by atoms with Crippen molar-refractivity contribution in [1.29, 1.82) is 0 Å². The van der Waals surface area contributed by atoms with Crippen molar-refractivity contribution >= 4 is 23.5 Å². The number of carbonyl (C=O) groups is 3. The van der Waals surface area contributed by atoms with Crippen molar-refractivity contribution in [2.75, 3.05) is 18.0 Å². The lowest BCUT2D eigenvalue weighted by molar-refractivity contribution is -0.133. The molecule has 0 saturated carbocycles. The lowest BCUT2D eigenvalue weighted by Crippen LogP contribution is -2.46. The van der Waals surface area contributed by atoms with E-state index in [4.69, 9.17) is 0 Å². The van der Waals surface area contributed by atoms with Gasteiger partial charge in [-0.15, -0.1) is 0 Å². The number of para-hydroxylation sites is 1. The van der Waals surface area contributed by atoms with Crippen molar-refractivity contribution in [3.05, 3.63) is 29.8 Å². The smallest absolute Gasteiger partial charge is 0.312 e. The average molecular weight is 335 g/mol. The van der Waals surface area contributed by atoms with E-state index in [1.165, 1.54) is 11.0 Å². The number of hydrogen-bond donors (Lipinski definition) is 0. The molecule has 3 fully saturated rings. The fraction of sp³-hybridized carbons (Fsp3) is 0.438. The normalized spacial score (nSPS) is 26.8. The van der Waals surface area contributed by atoms with Gasteiger partial charge in [0.05, 0.1) is 0 Å². The van der Waals surface area contributed by atoms with E-state index in [0.717, 1.165) is 28.4 Å². The summed E-state index contributed by atoms with van der Waals surface area (Å²) in [6.07, 6.45) is 1.53. The number of anilines is 1. The summed E-state index contributed by atoms with van der Waals surface area (Å²) in [5, 5.41) is 0. The molecule has 0 aromatic heterocycles. The SMILES string of the molecule is O=C1[C@@H](N2C(=O)[C@H]3CCCN3C2=O)CCN1c1c(F)cccc1F. The van der Waals surface area contributed by atoms with E-state index in [1.54, 1.807) is 0 Å². The van der Waals surface area contributed by atoms with E-state index in [9.17, 15) is 23.2 Å². The van der Waals surface area contributed by atoms with Crippen LogP contribution in [0.25, 0.3) is 0 Å². The molecule has 1 aromatic rings. The highest BCUT2D eigenvalue weighted by Crippen LogP contribution is 2.34. The summed E-state index contributed by atoms with van der Waals surface area (Å²) in [5.41, 5.74) is -0.426. The van der Waals surface area contributed by atoms with Gasteiger partial charge in [0.15, 0.2) is 0 Å². The lowest BCUT2D eigenvalue weighted by Gasteiger charge is -2.22. The Bertz CT molecular complexity index is 712. The van der Waals surface area contributed by atoms with Crippen molar-refractivity contribution < 1.29 is 23.2 Å². The Morgan fingerprint density at radius 1 is 0.917 bits per heavy atom. The molecule has 3 heterocycles. The van der Waals surface area contributed by atoms with Crippen molar-refractivity contribution in [3.63, 3.8) is 0 Å². The Hall–Kier alpha value is -2.51. The van der Waals surface area contributed by atoms with E-state index in [0.29, 0.717) is 13.0 Å². The number of halogens is 2. The maximum atomic E-state index is 13.9. The first-order chi connectivity index (χ1) is 11.5. The summed E-state index contributed by atoms with van der Waals surface area (Å²) >= 11 is 0. The number of carbonyl (C=O) groups excluding carboxylic acids is 3. The molecule has 126 valence electrons. The maximum Gasteiger partial charge on any atom is 0.328 e. The number of benzene rings is 1. The molecular formula is C16H15F2N3O3. The molecule has 3 aliphatic heterocycles. The molecule has 24 heavy (non-hydrogen) atoms. The van der Waals surface area contributed by atoms with Crippen LogP contribution in [0.1, 0.15) is 19.3 Å². The third kappa shape index (κ3) is 1.95. The first-order valence-electron chi connectivity index (χ1n) is 7.90. The number of rotatable bonds is 2. The molecule has 6 nitrogen and oxygen atoms in total. The summed E-state index contributed by atoms with van der Waals surface area (Å²) < 4.78 is 27.9. The van der Waals surface area contributed by atoms with Crippen LogP contribution < -0.4 is 4.90 Å². The molecule has 1 aromatic carbocycles. The molecule has 0 N–H and O–H groups in total. The van der Waals surface area contributed by atoms with Crippen LogP contribution in [0.2, 0.25) is 0 Å². The van der Waals surface area contributed by atoms with Crippen molar-refractivity contribution in [2.24, 2.45) is 0 Å². The Labute approximate surface area is 136 Å². The van der Waals surface area contributed by atoms with Crippen LogP contribution in [0, 0.1) is 11.6 Å². The molecule has 0 aliphatic carbocycles. The third-order valence-corrected chi connectivity index (χ3v) is 4.92.